The maximum absolute atomic E-state index is 5.08. The second kappa shape index (κ2) is 70.4. The summed E-state index contributed by atoms with van der Waals surface area (Å²) in [5, 5.41) is 0. The third-order valence-corrected chi connectivity index (χ3v) is 1.84. The summed E-state index contributed by atoms with van der Waals surface area (Å²) in [7, 11) is 0.639. The molecule has 0 amide bonds. The molecular weight excluding hydrogens is 754 g/mol. The second-order valence-corrected chi connectivity index (χ2v) is 6.95. The molecule has 2 radical (unpaired) electrons. The first-order chi connectivity index (χ1) is 3.56. The van der Waals surface area contributed by atoms with Crippen LogP contribution in [-0.4, -0.2) is 15.4 Å². The minimum Gasteiger partial charge on any atom is -0.693 e. The van der Waals surface area contributed by atoms with Gasteiger partial charge < -0.3 is 46.4 Å². The third kappa shape index (κ3) is 156. The summed E-state index contributed by atoms with van der Waals surface area (Å²) in [6.07, 6.45) is 0. The van der Waals surface area contributed by atoms with Gasteiger partial charge in [0.25, 0.3) is 0 Å². The summed E-state index contributed by atoms with van der Waals surface area (Å²) in [5.74, 6) is 0. The van der Waals surface area contributed by atoms with Gasteiger partial charge >= 0.3 is 40.2 Å². The van der Waals surface area contributed by atoms with Crippen LogP contribution in [0.25, 0.3) is 12.3 Å². The predicted octanol–water partition coefficient (Wildman–Crippen LogP) is 5.72. The van der Waals surface area contributed by atoms with Crippen LogP contribution in [0.1, 0.15) is 13.8 Å². The fourth-order valence-corrected chi connectivity index (χ4v) is 0. The van der Waals surface area contributed by atoms with Crippen molar-refractivity contribution in [2.45, 2.75) is 33.5 Å². The van der Waals surface area contributed by atoms with Crippen LogP contribution in [0.4, 0.5) is 0 Å². The average molecular weight is 789 g/mol. The van der Waals surface area contributed by atoms with E-state index in [4.69, 9.17) is 4.43 Å². The SMILES string of the molecule is CC.CO[Si](C)(C)C.[CH3-].[CH3-].[CH3-].[CH3-].[Ir+3].[Ir+3].[NH2-].[NH2-].[Y].[Y]. The van der Waals surface area contributed by atoms with Gasteiger partial charge in [-0.05, 0) is 19.6 Å². The molecule has 0 saturated heterocycles. The zero-order chi connectivity index (χ0) is 7.21. The van der Waals surface area contributed by atoms with Gasteiger partial charge in [0.15, 0.2) is 8.32 Å². The Morgan fingerprint density at radius 2 is 0.722 bits per heavy atom. The fraction of sp³-hybridized carbons (Fsp3) is 0.600. The van der Waals surface area contributed by atoms with E-state index in [1.807, 2.05) is 13.8 Å². The van der Waals surface area contributed by atoms with Gasteiger partial charge in [-0.3, -0.25) is 0 Å². The van der Waals surface area contributed by atoms with E-state index in [0.717, 1.165) is 0 Å². The number of rotatable bonds is 1. The van der Waals surface area contributed by atoms with Gasteiger partial charge in [-0.25, -0.2) is 0 Å². The van der Waals surface area contributed by atoms with Crippen molar-refractivity contribution >= 4 is 8.32 Å². The van der Waals surface area contributed by atoms with E-state index in [1.165, 1.54) is 0 Å². The number of hydrogen-bond acceptors (Lipinski definition) is 1. The molecule has 0 saturated carbocycles. The number of nitrogens with two attached hydrogens (primary N) is 2. The van der Waals surface area contributed by atoms with Crippen LogP contribution in [-0.2, 0) is 110 Å². The Kier molecular flexibility index (Phi) is 389. The molecule has 0 aromatic carbocycles. The van der Waals surface area contributed by atoms with Gasteiger partial charge in [-0.15, -0.1) is 0 Å². The summed E-state index contributed by atoms with van der Waals surface area (Å²) in [4.78, 5) is 0. The fourth-order valence-electron chi connectivity index (χ4n) is 0. The van der Waals surface area contributed by atoms with E-state index in [9.17, 15) is 0 Å². The van der Waals surface area contributed by atoms with Crippen molar-refractivity contribution < 1.29 is 110 Å². The van der Waals surface area contributed by atoms with Crippen LogP contribution in [0.3, 0.4) is 0 Å². The molecule has 0 aliphatic carbocycles. The molecule has 18 heavy (non-hydrogen) atoms. The summed E-state index contributed by atoms with van der Waals surface area (Å²) in [5.41, 5.74) is 0. The van der Waals surface area contributed by atoms with Gasteiger partial charge in [0, 0.05) is 72.5 Å². The standard InChI is InChI=1S/C4H12OSi.C2H6.4CH3.2Ir.2H2N.2Y/c1-5-6(2,3)4;1-2;;;;;;;;;;/h1-4H3;1-2H3;4*1H3;;;2*1H2;;/q;;4*-1;2*+3;2*-1;;. The summed E-state index contributed by atoms with van der Waals surface area (Å²) in [6.45, 7) is 10.5. The van der Waals surface area contributed by atoms with Crippen LogP contribution < -0.4 is 0 Å². The van der Waals surface area contributed by atoms with E-state index >= 15 is 0 Å². The van der Waals surface area contributed by atoms with Crippen LogP contribution in [0.15, 0.2) is 0 Å². The first-order valence-corrected chi connectivity index (χ1v) is 6.52. The molecule has 0 aromatic heterocycles. The molecule has 0 atom stereocenters. The Labute approximate surface area is 198 Å². The van der Waals surface area contributed by atoms with Crippen molar-refractivity contribution in [3.63, 3.8) is 0 Å². The molecule has 0 aromatic rings. The van der Waals surface area contributed by atoms with Crippen LogP contribution in [0.2, 0.25) is 19.6 Å². The van der Waals surface area contributed by atoms with E-state index in [0.29, 0.717) is 0 Å². The minimum atomic E-state index is -1.13. The van der Waals surface area contributed by atoms with Gasteiger partial charge in [-0.1, -0.05) is 13.8 Å². The second-order valence-electron chi connectivity index (χ2n) is 2.32. The molecule has 3 nitrogen and oxygen atoms in total. The monoisotopic (exact) mass is 790 g/mol. The van der Waals surface area contributed by atoms with E-state index in [1.54, 1.807) is 7.11 Å². The molecule has 0 aliphatic rings. The molecule has 0 fully saturated rings. The van der Waals surface area contributed by atoms with Gasteiger partial charge in [-0.2, -0.15) is 0 Å². The average Bonchev–Trinajstić information content (AvgIpc) is 1.71. The van der Waals surface area contributed by atoms with E-state index in [2.05, 4.69) is 19.6 Å². The maximum Gasteiger partial charge on any atom is 3.00 e. The summed E-state index contributed by atoms with van der Waals surface area (Å²) < 4.78 is 5.08. The van der Waals surface area contributed by atoms with Crippen molar-refractivity contribution in [3.8, 4) is 0 Å². The summed E-state index contributed by atoms with van der Waals surface area (Å²) >= 11 is 0. The van der Waals surface area contributed by atoms with Crippen molar-refractivity contribution in [1.82, 2.24) is 0 Å². The van der Waals surface area contributed by atoms with Gasteiger partial charge in [0.2, 0.25) is 0 Å². The molecule has 118 valence electrons. The third-order valence-electron chi connectivity index (χ3n) is 0.612. The molecular formula is C10H34Ir2N2OSiY2. The molecule has 0 spiro atoms. The van der Waals surface area contributed by atoms with Crippen molar-refractivity contribution in [2.24, 2.45) is 0 Å². The molecule has 0 bridgehead atoms. The first kappa shape index (κ1) is 99.4. The number of hydrogen-bond donors (Lipinski definition) is 0. The zero-order valence-corrected chi connectivity index (χ0v) is 25.4. The van der Waals surface area contributed by atoms with Crippen molar-refractivity contribution in [2.75, 3.05) is 7.11 Å². The Hall–Kier alpha value is 3.60. The van der Waals surface area contributed by atoms with Crippen molar-refractivity contribution in [1.29, 1.82) is 0 Å². The topological polar surface area (TPSA) is 76.2 Å². The quantitative estimate of drug-likeness (QED) is 0.248. The normalized spacial score (nSPS) is 4.33. The Balaban J connectivity index is -0.00000000287. The van der Waals surface area contributed by atoms with Gasteiger partial charge in [0.1, 0.15) is 0 Å². The van der Waals surface area contributed by atoms with E-state index in [-0.39, 0.29) is 148 Å². The molecule has 0 unspecified atom stereocenters. The maximum atomic E-state index is 5.08. The van der Waals surface area contributed by atoms with Crippen LogP contribution in [0.5, 0.6) is 0 Å². The van der Waals surface area contributed by atoms with Crippen LogP contribution in [0, 0.1) is 29.7 Å². The Morgan fingerprint density at radius 1 is 0.667 bits per heavy atom. The van der Waals surface area contributed by atoms with Crippen LogP contribution >= 0.6 is 0 Å². The first-order valence-electron chi connectivity index (χ1n) is 3.11. The van der Waals surface area contributed by atoms with E-state index < -0.39 is 8.32 Å². The Morgan fingerprint density at radius 3 is 0.722 bits per heavy atom. The smallest absolute Gasteiger partial charge is 0.693 e. The van der Waals surface area contributed by atoms with Gasteiger partial charge in [0.05, 0.1) is 0 Å². The molecule has 4 N–H and O–H groups in total. The largest absolute Gasteiger partial charge is 3.00 e. The molecule has 8 heteroatoms. The van der Waals surface area contributed by atoms with Crippen molar-refractivity contribution in [3.05, 3.63) is 42.0 Å². The summed E-state index contributed by atoms with van der Waals surface area (Å²) in [6, 6.07) is 0. The molecule has 0 rings (SSSR count). The minimum absolute atomic E-state index is 0. The Bertz CT molecular complexity index is 65.6. The molecule has 0 heterocycles. The zero-order valence-electron chi connectivity index (χ0n) is 13.9. The molecule has 0 aliphatic heterocycles. The predicted molar refractivity (Wildman–Crippen MR) is 77.9 cm³/mol.